The minimum atomic E-state index is -1.11. The summed E-state index contributed by atoms with van der Waals surface area (Å²) in [6.45, 7) is 5.03. The van der Waals surface area contributed by atoms with E-state index in [2.05, 4.69) is 10.6 Å². The van der Waals surface area contributed by atoms with Gasteiger partial charge < -0.3 is 20.5 Å². The molecule has 0 aliphatic carbocycles. The number of nitriles is 1. The predicted octanol–water partition coefficient (Wildman–Crippen LogP) is 1.12. The first-order chi connectivity index (χ1) is 10.9. The van der Waals surface area contributed by atoms with Gasteiger partial charge in [0, 0.05) is 19.4 Å². The largest absolute Gasteiger partial charge is 0.480 e. The first kappa shape index (κ1) is 21.3. The van der Waals surface area contributed by atoms with E-state index in [1.54, 1.807) is 6.07 Å². The molecule has 130 valence electrons. The van der Waals surface area contributed by atoms with Crippen molar-refractivity contribution in [2.24, 2.45) is 0 Å². The van der Waals surface area contributed by atoms with Gasteiger partial charge in [-0.1, -0.05) is 0 Å². The molecular weight excluding hydrogens is 318 g/mol. The molecule has 1 unspecified atom stereocenters. The third-order valence-corrected chi connectivity index (χ3v) is 3.39. The van der Waals surface area contributed by atoms with E-state index in [0.29, 0.717) is 25.3 Å². The standard InChI is InChI=1S/C15H25N3O4S/c1-11(2)22-7-4-6-17-10-12(9-16)14(19)18-13(15(20)21)5-8-23-3/h10-11,13,17H,4-8H2,1-3H3,(H,18,19)(H,20,21)/b12-10-. The highest BCUT2D eigenvalue weighted by Gasteiger charge is 2.21. The molecule has 1 amide bonds. The fraction of sp³-hybridized carbons (Fsp3) is 0.667. The van der Waals surface area contributed by atoms with E-state index in [1.165, 1.54) is 18.0 Å². The molecule has 0 spiro atoms. The van der Waals surface area contributed by atoms with E-state index in [-0.39, 0.29) is 11.7 Å². The van der Waals surface area contributed by atoms with E-state index in [1.807, 2.05) is 20.1 Å². The van der Waals surface area contributed by atoms with Crippen LogP contribution in [0.4, 0.5) is 0 Å². The summed E-state index contributed by atoms with van der Waals surface area (Å²) in [4.78, 5) is 23.0. The topological polar surface area (TPSA) is 111 Å². The first-order valence-corrected chi connectivity index (χ1v) is 8.79. The summed E-state index contributed by atoms with van der Waals surface area (Å²) in [6, 6.07) is 0.774. The smallest absolute Gasteiger partial charge is 0.326 e. The Morgan fingerprint density at radius 2 is 2.13 bits per heavy atom. The van der Waals surface area contributed by atoms with Gasteiger partial charge in [-0.15, -0.1) is 0 Å². The molecule has 0 aromatic carbocycles. The van der Waals surface area contributed by atoms with Crippen LogP contribution in [0.5, 0.6) is 0 Å². The van der Waals surface area contributed by atoms with Crippen molar-refractivity contribution < 1.29 is 19.4 Å². The highest BCUT2D eigenvalue weighted by molar-refractivity contribution is 7.98. The number of amides is 1. The third-order valence-electron chi connectivity index (χ3n) is 2.74. The van der Waals surface area contributed by atoms with Gasteiger partial charge >= 0.3 is 5.97 Å². The number of carbonyl (C=O) groups is 2. The SMILES string of the molecule is CSCCC(NC(=O)/C(C#N)=C\NCCCOC(C)C)C(=O)O. The molecule has 0 saturated carbocycles. The maximum Gasteiger partial charge on any atom is 0.326 e. The third kappa shape index (κ3) is 10.6. The van der Waals surface area contributed by atoms with Crippen molar-refractivity contribution in [2.75, 3.05) is 25.2 Å². The van der Waals surface area contributed by atoms with Gasteiger partial charge in [-0.05, 0) is 38.7 Å². The molecule has 7 nitrogen and oxygen atoms in total. The minimum Gasteiger partial charge on any atom is -0.480 e. The summed E-state index contributed by atoms with van der Waals surface area (Å²) in [5, 5.41) is 23.3. The summed E-state index contributed by atoms with van der Waals surface area (Å²) >= 11 is 1.49. The molecule has 0 aromatic heterocycles. The Balaban J connectivity index is 4.35. The second kappa shape index (κ2) is 12.8. The highest BCUT2D eigenvalue weighted by atomic mass is 32.2. The van der Waals surface area contributed by atoms with E-state index >= 15 is 0 Å². The molecule has 0 rings (SSSR count). The van der Waals surface area contributed by atoms with Crippen molar-refractivity contribution in [3.05, 3.63) is 11.8 Å². The summed E-state index contributed by atoms with van der Waals surface area (Å²) in [5.74, 6) is -1.19. The Morgan fingerprint density at radius 1 is 1.43 bits per heavy atom. The van der Waals surface area contributed by atoms with Crippen molar-refractivity contribution in [1.82, 2.24) is 10.6 Å². The summed E-state index contributed by atoms with van der Waals surface area (Å²) < 4.78 is 5.37. The van der Waals surface area contributed by atoms with E-state index < -0.39 is 17.9 Å². The molecule has 0 aliphatic heterocycles. The van der Waals surface area contributed by atoms with Gasteiger partial charge in [0.15, 0.2) is 0 Å². The van der Waals surface area contributed by atoms with Crippen LogP contribution in [0.1, 0.15) is 26.7 Å². The number of carboxylic acids is 1. The molecule has 0 bridgehead atoms. The number of nitrogens with one attached hydrogen (secondary N) is 2. The van der Waals surface area contributed by atoms with Gasteiger partial charge in [0.1, 0.15) is 17.7 Å². The number of carbonyl (C=O) groups excluding carboxylic acids is 1. The van der Waals surface area contributed by atoms with Crippen LogP contribution in [-0.2, 0) is 14.3 Å². The second-order valence-electron chi connectivity index (χ2n) is 5.04. The zero-order valence-corrected chi connectivity index (χ0v) is 14.6. The quantitative estimate of drug-likeness (QED) is 0.276. The highest BCUT2D eigenvalue weighted by Crippen LogP contribution is 2.02. The molecule has 0 heterocycles. The average Bonchev–Trinajstić information content (AvgIpc) is 2.49. The fourth-order valence-electron chi connectivity index (χ4n) is 1.55. The summed E-state index contributed by atoms with van der Waals surface area (Å²) in [7, 11) is 0. The lowest BCUT2D eigenvalue weighted by atomic mass is 10.2. The van der Waals surface area contributed by atoms with Crippen LogP contribution < -0.4 is 10.6 Å². The van der Waals surface area contributed by atoms with Crippen LogP contribution in [0.15, 0.2) is 11.8 Å². The van der Waals surface area contributed by atoms with Gasteiger partial charge in [0.25, 0.3) is 5.91 Å². The maximum absolute atomic E-state index is 11.9. The number of aliphatic carboxylic acids is 1. The van der Waals surface area contributed by atoms with Crippen LogP contribution >= 0.6 is 11.8 Å². The number of rotatable bonds is 12. The second-order valence-corrected chi connectivity index (χ2v) is 6.03. The summed E-state index contributed by atoms with van der Waals surface area (Å²) in [5.41, 5.74) is -0.148. The van der Waals surface area contributed by atoms with Crippen LogP contribution in [0.25, 0.3) is 0 Å². The number of hydrogen-bond donors (Lipinski definition) is 3. The maximum atomic E-state index is 11.9. The zero-order chi connectivity index (χ0) is 17.7. The molecule has 8 heteroatoms. The van der Waals surface area contributed by atoms with Gasteiger partial charge in [-0.3, -0.25) is 4.79 Å². The Bertz CT molecular complexity index is 446. The van der Waals surface area contributed by atoms with Crippen LogP contribution in [0.2, 0.25) is 0 Å². The fourth-order valence-corrected chi connectivity index (χ4v) is 2.02. The van der Waals surface area contributed by atoms with Crippen molar-refractivity contribution >= 4 is 23.6 Å². The number of hydrogen-bond acceptors (Lipinski definition) is 6. The zero-order valence-electron chi connectivity index (χ0n) is 13.8. The lowest BCUT2D eigenvalue weighted by molar-refractivity contribution is -0.141. The number of thioether (sulfide) groups is 1. The Morgan fingerprint density at radius 3 is 2.65 bits per heavy atom. The first-order valence-electron chi connectivity index (χ1n) is 7.40. The number of ether oxygens (including phenoxy) is 1. The Labute approximate surface area is 141 Å². The van der Waals surface area contributed by atoms with Gasteiger partial charge in [0.2, 0.25) is 0 Å². The molecule has 0 fully saturated rings. The molecule has 3 N–H and O–H groups in total. The number of carboxylic acid groups (broad SMARTS) is 1. The monoisotopic (exact) mass is 343 g/mol. The van der Waals surface area contributed by atoms with E-state index in [9.17, 15) is 9.59 Å². The van der Waals surface area contributed by atoms with Crippen molar-refractivity contribution in [3.63, 3.8) is 0 Å². The molecule has 0 aromatic rings. The number of nitrogens with zero attached hydrogens (tertiary/aromatic N) is 1. The molecule has 0 aliphatic rings. The van der Waals surface area contributed by atoms with Crippen molar-refractivity contribution in [3.8, 4) is 6.07 Å². The predicted molar refractivity (Wildman–Crippen MR) is 90.0 cm³/mol. The molecule has 0 saturated heterocycles. The van der Waals surface area contributed by atoms with Crippen molar-refractivity contribution in [2.45, 2.75) is 38.8 Å². The van der Waals surface area contributed by atoms with E-state index in [4.69, 9.17) is 15.1 Å². The average molecular weight is 343 g/mol. The lowest BCUT2D eigenvalue weighted by Gasteiger charge is -2.13. The Hall–Kier alpha value is -1.72. The van der Waals surface area contributed by atoms with Crippen molar-refractivity contribution in [1.29, 1.82) is 5.26 Å². The normalized spacial score (nSPS) is 12.6. The van der Waals surface area contributed by atoms with Gasteiger partial charge in [-0.25, -0.2) is 4.79 Å². The molecule has 1 atom stereocenters. The summed E-state index contributed by atoms with van der Waals surface area (Å²) in [6.07, 6.45) is 4.37. The van der Waals surface area contributed by atoms with Crippen LogP contribution in [-0.4, -0.2) is 54.3 Å². The van der Waals surface area contributed by atoms with Gasteiger partial charge in [-0.2, -0.15) is 17.0 Å². The van der Waals surface area contributed by atoms with Gasteiger partial charge in [0.05, 0.1) is 6.10 Å². The Kier molecular flexibility index (Phi) is 11.8. The lowest BCUT2D eigenvalue weighted by Crippen LogP contribution is -2.41. The molecule has 0 radical (unpaired) electrons. The molecular formula is C15H25N3O4S. The minimum absolute atomic E-state index is 0.148. The van der Waals surface area contributed by atoms with Crippen LogP contribution in [0.3, 0.4) is 0 Å². The van der Waals surface area contributed by atoms with E-state index in [0.717, 1.165) is 6.42 Å². The van der Waals surface area contributed by atoms with Crippen LogP contribution in [0, 0.1) is 11.3 Å². The molecule has 23 heavy (non-hydrogen) atoms.